The largest absolute Gasteiger partial charge is 0.374 e. The maximum atomic E-state index is 5.68. The molecule has 2 rings (SSSR count). The number of thioether (sulfide) groups is 1. The molecule has 0 aromatic heterocycles. The predicted octanol–water partition coefficient (Wildman–Crippen LogP) is 4.18. The zero-order valence-electron chi connectivity index (χ0n) is 15.8. The van der Waals surface area contributed by atoms with Gasteiger partial charge in [-0.2, -0.15) is 11.8 Å². The van der Waals surface area contributed by atoms with Crippen molar-refractivity contribution in [1.82, 2.24) is 10.6 Å². The van der Waals surface area contributed by atoms with Crippen molar-refractivity contribution in [1.29, 1.82) is 0 Å². The Hall–Kier alpha value is -0.470. The summed E-state index contributed by atoms with van der Waals surface area (Å²) in [7, 11) is 1.83. The molecular weight excluding hydrogens is 445 g/mol. The van der Waals surface area contributed by atoms with Crippen molar-refractivity contribution in [3.05, 3.63) is 35.4 Å². The zero-order chi connectivity index (χ0) is 17.4. The molecule has 0 bridgehead atoms. The molecular formula is C19H32IN3OS. The van der Waals surface area contributed by atoms with Gasteiger partial charge in [-0.3, -0.25) is 4.99 Å². The van der Waals surface area contributed by atoms with E-state index in [1.54, 1.807) is 0 Å². The van der Waals surface area contributed by atoms with Gasteiger partial charge in [0.2, 0.25) is 0 Å². The minimum absolute atomic E-state index is 0. The molecule has 1 heterocycles. The number of aliphatic imine (C=N–C) groups is 1. The minimum atomic E-state index is 0. The van der Waals surface area contributed by atoms with Gasteiger partial charge in [0.05, 0.1) is 12.7 Å². The van der Waals surface area contributed by atoms with Gasteiger partial charge < -0.3 is 15.4 Å². The van der Waals surface area contributed by atoms with Crippen LogP contribution >= 0.6 is 35.7 Å². The molecule has 1 saturated heterocycles. The summed E-state index contributed by atoms with van der Waals surface area (Å²) >= 11 is 2.06. The van der Waals surface area contributed by atoms with Crippen molar-refractivity contribution >= 4 is 41.7 Å². The fourth-order valence-corrected chi connectivity index (χ4v) is 3.99. The number of hydrogen-bond acceptors (Lipinski definition) is 3. The summed E-state index contributed by atoms with van der Waals surface area (Å²) in [5.41, 5.74) is 2.45. The second-order valence-corrected chi connectivity index (χ2v) is 8.54. The molecule has 1 aromatic carbocycles. The van der Waals surface area contributed by atoms with Crippen LogP contribution < -0.4 is 10.6 Å². The molecule has 0 aliphatic carbocycles. The first-order chi connectivity index (χ1) is 11.5. The molecule has 1 fully saturated rings. The summed E-state index contributed by atoms with van der Waals surface area (Å²) in [6.07, 6.45) is 2.85. The Labute approximate surface area is 174 Å². The Morgan fingerprint density at radius 2 is 2.08 bits per heavy atom. The number of guanidine groups is 1. The number of hydrogen-bond donors (Lipinski definition) is 2. The molecule has 4 nitrogen and oxygen atoms in total. The van der Waals surface area contributed by atoms with Gasteiger partial charge in [0.1, 0.15) is 0 Å². The maximum absolute atomic E-state index is 5.68. The topological polar surface area (TPSA) is 45.7 Å². The SMILES string of the molecule is CN=C(NCc1cccc(COC(C)C)c1)NCC1(C)CCCS1.I. The predicted molar refractivity (Wildman–Crippen MR) is 120 cm³/mol. The van der Waals surface area contributed by atoms with Crippen molar-refractivity contribution in [3.63, 3.8) is 0 Å². The average molecular weight is 477 g/mol. The van der Waals surface area contributed by atoms with Crippen LogP contribution in [0.3, 0.4) is 0 Å². The molecule has 0 spiro atoms. The van der Waals surface area contributed by atoms with Crippen LogP contribution in [0.5, 0.6) is 0 Å². The highest BCUT2D eigenvalue weighted by Crippen LogP contribution is 2.36. The highest BCUT2D eigenvalue weighted by Gasteiger charge is 2.29. The number of nitrogens with one attached hydrogen (secondary N) is 2. The summed E-state index contributed by atoms with van der Waals surface area (Å²) in [4.78, 5) is 4.34. The maximum Gasteiger partial charge on any atom is 0.191 e. The van der Waals surface area contributed by atoms with E-state index in [1.807, 2.05) is 7.05 Å². The van der Waals surface area contributed by atoms with E-state index in [4.69, 9.17) is 4.74 Å². The van der Waals surface area contributed by atoms with Gasteiger partial charge in [0, 0.05) is 24.9 Å². The minimum Gasteiger partial charge on any atom is -0.374 e. The molecule has 1 aromatic rings. The van der Waals surface area contributed by atoms with E-state index in [0.29, 0.717) is 11.4 Å². The first kappa shape index (κ1) is 22.6. The Morgan fingerprint density at radius 1 is 1.32 bits per heavy atom. The molecule has 2 N–H and O–H groups in total. The summed E-state index contributed by atoms with van der Waals surface area (Å²) in [5.74, 6) is 2.14. The molecule has 6 heteroatoms. The van der Waals surface area contributed by atoms with Gasteiger partial charge in [-0.1, -0.05) is 24.3 Å². The quantitative estimate of drug-likeness (QED) is 0.352. The van der Waals surface area contributed by atoms with Crippen LogP contribution in [0.1, 0.15) is 44.7 Å². The molecule has 0 radical (unpaired) electrons. The lowest BCUT2D eigenvalue weighted by atomic mass is 10.1. The third-order valence-corrected chi connectivity index (χ3v) is 5.73. The van der Waals surface area contributed by atoms with Gasteiger partial charge in [0.25, 0.3) is 0 Å². The van der Waals surface area contributed by atoms with Crippen LogP contribution in [-0.2, 0) is 17.9 Å². The number of benzene rings is 1. The zero-order valence-corrected chi connectivity index (χ0v) is 18.9. The van der Waals surface area contributed by atoms with Crippen LogP contribution in [0.25, 0.3) is 0 Å². The first-order valence-corrected chi connectivity index (χ1v) is 9.77. The smallest absolute Gasteiger partial charge is 0.191 e. The van der Waals surface area contributed by atoms with Crippen molar-refractivity contribution in [3.8, 4) is 0 Å². The standard InChI is InChI=1S/C19H31N3OS.HI/c1-15(2)23-13-17-8-5-7-16(11-17)12-21-18(20-4)22-14-19(3)9-6-10-24-19;/h5,7-8,11,15H,6,9-10,12-14H2,1-4H3,(H2,20,21,22);1H. The third-order valence-electron chi connectivity index (χ3n) is 4.19. The van der Waals surface area contributed by atoms with Gasteiger partial charge in [0.15, 0.2) is 5.96 Å². The Balaban J connectivity index is 0.00000312. The van der Waals surface area contributed by atoms with E-state index in [9.17, 15) is 0 Å². The number of ether oxygens (including phenoxy) is 1. The average Bonchev–Trinajstić information content (AvgIpc) is 3.00. The van der Waals surface area contributed by atoms with Crippen molar-refractivity contribution in [2.24, 2.45) is 4.99 Å². The number of rotatable bonds is 7. The molecule has 1 unspecified atom stereocenters. The lowest BCUT2D eigenvalue weighted by Crippen LogP contribution is -2.43. The van der Waals surface area contributed by atoms with Gasteiger partial charge in [-0.25, -0.2) is 0 Å². The second kappa shape index (κ2) is 11.3. The monoisotopic (exact) mass is 477 g/mol. The Kier molecular flexibility index (Phi) is 10.2. The highest BCUT2D eigenvalue weighted by atomic mass is 127. The summed E-state index contributed by atoms with van der Waals surface area (Å²) < 4.78 is 6.02. The van der Waals surface area contributed by atoms with E-state index < -0.39 is 0 Å². The lowest BCUT2D eigenvalue weighted by molar-refractivity contribution is 0.0657. The van der Waals surface area contributed by atoms with Crippen molar-refractivity contribution in [2.45, 2.75) is 57.6 Å². The van der Waals surface area contributed by atoms with Gasteiger partial charge in [-0.15, -0.1) is 24.0 Å². The molecule has 25 heavy (non-hydrogen) atoms. The van der Waals surface area contributed by atoms with E-state index in [2.05, 4.69) is 72.4 Å². The van der Waals surface area contributed by atoms with Crippen LogP contribution in [-0.4, -0.2) is 36.2 Å². The van der Waals surface area contributed by atoms with E-state index in [-0.39, 0.29) is 30.1 Å². The Bertz CT molecular complexity index is 545. The van der Waals surface area contributed by atoms with Gasteiger partial charge in [-0.05, 0) is 50.5 Å². The van der Waals surface area contributed by atoms with Crippen molar-refractivity contribution in [2.75, 3.05) is 19.3 Å². The third kappa shape index (κ3) is 8.17. The van der Waals surface area contributed by atoms with Crippen LogP contribution in [0, 0.1) is 0 Å². The van der Waals surface area contributed by atoms with E-state index >= 15 is 0 Å². The van der Waals surface area contributed by atoms with E-state index in [0.717, 1.165) is 19.0 Å². The fourth-order valence-electron chi connectivity index (χ4n) is 2.75. The van der Waals surface area contributed by atoms with Crippen molar-refractivity contribution < 1.29 is 4.74 Å². The molecule has 1 aliphatic rings. The molecule has 0 amide bonds. The van der Waals surface area contributed by atoms with E-state index in [1.165, 1.54) is 29.7 Å². The first-order valence-electron chi connectivity index (χ1n) is 8.79. The molecule has 142 valence electrons. The molecule has 0 saturated carbocycles. The fraction of sp³-hybridized carbons (Fsp3) is 0.632. The number of halogens is 1. The number of nitrogens with zero attached hydrogens (tertiary/aromatic N) is 1. The summed E-state index contributed by atoms with van der Waals surface area (Å²) in [6, 6.07) is 8.52. The molecule has 1 aliphatic heterocycles. The lowest BCUT2D eigenvalue weighted by Gasteiger charge is -2.24. The summed E-state index contributed by atoms with van der Waals surface area (Å²) in [6.45, 7) is 8.84. The van der Waals surface area contributed by atoms with Crippen LogP contribution in [0.15, 0.2) is 29.3 Å². The van der Waals surface area contributed by atoms with Gasteiger partial charge >= 0.3 is 0 Å². The Morgan fingerprint density at radius 3 is 2.72 bits per heavy atom. The summed E-state index contributed by atoms with van der Waals surface area (Å²) in [5, 5.41) is 6.88. The molecule has 1 atom stereocenters. The highest BCUT2D eigenvalue weighted by molar-refractivity contribution is 14.0. The normalized spacial score (nSPS) is 20.4. The van der Waals surface area contributed by atoms with Crippen LogP contribution in [0.4, 0.5) is 0 Å². The second-order valence-electron chi connectivity index (χ2n) is 6.86. The van der Waals surface area contributed by atoms with Crippen LogP contribution in [0.2, 0.25) is 0 Å².